The Morgan fingerprint density at radius 2 is 2.15 bits per heavy atom. The van der Waals surface area contributed by atoms with Crippen molar-refractivity contribution in [1.82, 2.24) is 14.3 Å². The Morgan fingerprint density at radius 3 is 2.75 bits per heavy atom. The van der Waals surface area contributed by atoms with Crippen LogP contribution in [-0.2, 0) is 12.2 Å². The maximum atomic E-state index is 15.1. The molecule has 2 aliphatic rings. The molecule has 0 unspecified atom stereocenters. The highest BCUT2D eigenvalue weighted by molar-refractivity contribution is 5.55. The van der Waals surface area contributed by atoms with Crippen molar-refractivity contribution in [2.75, 3.05) is 20.1 Å². The monoisotopic (exact) mass is 274 g/mol. The van der Waals surface area contributed by atoms with Gasteiger partial charge < -0.3 is 10.1 Å². The number of nitrogens with two attached hydrogens (primary N) is 1. The van der Waals surface area contributed by atoms with E-state index in [0.29, 0.717) is 25.6 Å². The third-order valence-corrected chi connectivity index (χ3v) is 4.40. The van der Waals surface area contributed by atoms with Gasteiger partial charge in [0.25, 0.3) is 0 Å². The lowest BCUT2D eigenvalue weighted by atomic mass is 9.88. The van der Waals surface area contributed by atoms with E-state index in [4.69, 9.17) is 5.73 Å². The molecule has 2 N–H and O–H groups in total. The molecule has 2 aromatic rings. The number of rotatable bonds is 3. The minimum absolute atomic E-state index is 0.388. The van der Waals surface area contributed by atoms with Gasteiger partial charge in [0.2, 0.25) is 0 Å². The second kappa shape index (κ2) is 4.02. The summed E-state index contributed by atoms with van der Waals surface area (Å²) in [5.41, 5.74) is 7.92. The lowest BCUT2D eigenvalue weighted by Gasteiger charge is -2.42. The molecule has 0 spiro atoms. The average Bonchev–Trinajstić information content (AvgIpc) is 3.15. The molecule has 0 atom stereocenters. The average molecular weight is 274 g/mol. The van der Waals surface area contributed by atoms with Crippen LogP contribution in [0.25, 0.3) is 5.65 Å². The lowest BCUT2D eigenvalue weighted by Crippen LogP contribution is -2.54. The van der Waals surface area contributed by atoms with Crippen molar-refractivity contribution in [3.63, 3.8) is 0 Å². The first-order valence-electron chi connectivity index (χ1n) is 7.18. The SMILES string of the molecule is CN1CC(F)(c2cc(C3CC3)cn3cc(CN)nc23)C1. The van der Waals surface area contributed by atoms with Crippen molar-refractivity contribution in [3.8, 4) is 0 Å². The molecule has 3 heterocycles. The lowest BCUT2D eigenvalue weighted by molar-refractivity contribution is -0.0187. The second-order valence-electron chi connectivity index (χ2n) is 6.27. The van der Waals surface area contributed by atoms with Crippen molar-refractivity contribution in [3.05, 3.63) is 35.3 Å². The molecule has 20 heavy (non-hydrogen) atoms. The number of hydrogen-bond acceptors (Lipinski definition) is 3. The number of likely N-dealkylation sites (N-methyl/N-ethyl adjacent to an activating group) is 1. The summed E-state index contributed by atoms with van der Waals surface area (Å²) in [6.07, 6.45) is 6.44. The largest absolute Gasteiger partial charge is 0.325 e. The van der Waals surface area contributed by atoms with E-state index in [1.807, 2.05) is 28.6 Å². The molecule has 1 saturated carbocycles. The van der Waals surface area contributed by atoms with Crippen LogP contribution in [0.15, 0.2) is 18.5 Å². The Morgan fingerprint density at radius 1 is 1.40 bits per heavy atom. The molecule has 0 aromatic carbocycles. The Bertz CT molecular complexity index is 668. The van der Waals surface area contributed by atoms with E-state index in [0.717, 1.165) is 16.9 Å². The van der Waals surface area contributed by atoms with Crippen LogP contribution >= 0.6 is 0 Å². The zero-order valence-electron chi connectivity index (χ0n) is 11.6. The molecule has 0 bridgehead atoms. The van der Waals surface area contributed by atoms with Crippen LogP contribution in [0, 0.1) is 0 Å². The van der Waals surface area contributed by atoms with E-state index in [1.165, 1.54) is 18.4 Å². The van der Waals surface area contributed by atoms with Crippen molar-refractivity contribution in [1.29, 1.82) is 0 Å². The van der Waals surface area contributed by atoms with Gasteiger partial charge in [0, 0.05) is 37.6 Å². The van der Waals surface area contributed by atoms with Crippen LogP contribution in [0.4, 0.5) is 4.39 Å². The quantitative estimate of drug-likeness (QED) is 0.928. The fourth-order valence-corrected chi connectivity index (χ4v) is 3.22. The smallest absolute Gasteiger partial charge is 0.164 e. The zero-order valence-corrected chi connectivity index (χ0v) is 11.6. The summed E-state index contributed by atoms with van der Waals surface area (Å²) >= 11 is 0. The number of pyridine rings is 1. The van der Waals surface area contributed by atoms with Gasteiger partial charge in [-0.15, -0.1) is 0 Å². The maximum absolute atomic E-state index is 15.1. The predicted molar refractivity (Wildman–Crippen MR) is 75.3 cm³/mol. The summed E-state index contributed by atoms with van der Waals surface area (Å²) < 4.78 is 17.0. The predicted octanol–water partition coefficient (Wildman–Crippen LogP) is 1.78. The topological polar surface area (TPSA) is 46.6 Å². The summed E-state index contributed by atoms with van der Waals surface area (Å²) in [5.74, 6) is 0.600. The highest BCUT2D eigenvalue weighted by atomic mass is 19.1. The minimum Gasteiger partial charge on any atom is -0.325 e. The van der Waals surface area contributed by atoms with E-state index < -0.39 is 5.67 Å². The Balaban J connectivity index is 1.89. The van der Waals surface area contributed by atoms with Crippen LogP contribution in [-0.4, -0.2) is 34.4 Å². The molecule has 1 aliphatic carbocycles. The maximum Gasteiger partial charge on any atom is 0.164 e. The third-order valence-electron chi connectivity index (χ3n) is 4.40. The molecule has 0 radical (unpaired) electrons. The van der Waals surface area contributed by atoms with Crippen molar-refractivity contribution >= 4 is 5.65 Å². The summed E-state index contributed by atoms with van der Waals surface area (Å²) in [6, 6.07) is 2.04. The minimum atomic E-state index is -1.27. The van der Waals surface area contributed by atoms with Gasteiger partial charge in [-0.2, -0.15) is 0 Å². The second-order valence-corrected chi connectivity index (χ2v) is 6.27. The van der Waals surface area contributed by atoms with Crippen LogP contribution < -0.4 is 5.73 Å². The van der Waals surface area contributed by atoms with Gasteiger partial charge in [0.1, 0.15) is 5.65 Å². The molecule has 106 valence electrons. The van der Waals surface area contributed by atoms with Gasteiger partial charge in [-0.05, 0) is 37.4 Å². The first-order chi connectivity index (χ1) is 9.59. The van der Waals surface area contributed by atoms with Crippen LogP contribution in [0.2, 0.25) is 0 Å². The fraction of sp³-hybridized carbons (Fsp3) is 0.533. The summed E-state index contributed by atoms with van der Waals surface area (Å²) in [6.45, 7) is 1.28. The molecular formula is C15H19FN4. The number of alkyl halides is 1. The van der Waals surface area contributed by atoms with Gasteiger partial charge in [-0.1, -0.05) is 0 Å². The Kier molecular flexibility index (Phi) is 2.47. The number of halogens is 1. The molecule has 0 amide bonds. The first-order valence-corrected chi connectivity index (χ1v) is 7.18. The Labute approximate surface area is 117 Å². The Hall–Kier alpha value is -1.46. The third kappa shape index (κ3) is 1.77. The van der Waals surface area contributed by atoms with Crippen LogP contribution in [0.1, 0.15) is 35.6 Å². The van der Waals surface area contributed by atoms with E-state index in [9.17, 15) is 0 Å². The number of nitrogens with zero attached hydrogens (tertiary/aromatic N) is 3. The van der Waals surface area contributed by atoms with Crippen molar-refractivity contribution < 1.29 is 4.39 Å². The van der Waals surface area contributed by atoms with Crippen LogP contribution in [0.5, 0.6) is 0 Å². The number of imidazole rings is 1. The van der Waals surface area contributed by atoms with Gasteiger partial charge in [-0.3, -0.25) is 4.90 Å². The van der Waals surface area contributed by atoms with Crippen molar-refractivity contribution in [2.45, 2.75) is 31.0 Å². The number of fused-ring (bicyclic) bond motifs is 1. The molecule has 5 heteroatoms. The van der Waals surface area contributed by atoms with Gasteiger partial charge in [0.15, 0.2) is 5.67 Å². The molecule has 1 aliphatic heterocycles. The fourth-order valence-electron chi connectivity index (χ4n) is 3.22. The van der Waals surface area contributed by atoms with Crippen molar-refractivity contribution in [2.24, 2.45) is 5.73 Å². The number of likely N-dealkylation sites (tertiary alicyclic amines) is 1. The highest BCUT2D eigenvalue weighted by Crippen LogP contribution is 2.44. The standard InChI is InChI=1S/C15H19FN4/c1-19-8-15(16,9-19)13-4-11(10-2-3-10)6-20-7-12(5-17)18-14(13)20/h4,6-7,10H,2-3,5,8-9,17H2,1H3. The molecular weight excluding hydrogens is 255 g/mol. The summed E-state index contributed by atoms with van der Waals surface area (Å²) in [7, 11) is 1.94. The van der Waals surface area contributed by atoms with E-state index >= 15 is 4.39 Å². The van der Waals surface area contributed by atoms with Gasteiger partial charge >= 0.3 is 0 Å². The summed E-state index contributed by atoms with van der Waals surface area (Å²) in [4.78, 5) is 6.50. The van der Waals surface area contributed by atoms with E-state index in [2.05, 4.69) is 11.2 Å². The first kappa shape index (κ1) is 12.3. The van der Waals surface area contributed by atoms with Crippen LogP contribution in [0.3, 0.4) is 0 Å². The number of aromatic nitrogens is 2. The molecule has 2 fully saturated rings. The normalized spacial score (nSPS) is 22.1. The van der Waals surface area contributed by atoms with E-state index in [-0.39, 0.29) is 0 Å². The molecule has 4 nitrogen and oxygen atoms in total. The van der Waals surface area contributed by atoms with E-state index in [1.54, 1.807) is 0 Å². The highest BCUT2D eigenvalue weighted by Gasteiger charge is 2.45. The molecule has 2 aromatic heterocycles. The summed E-state index contributed by atoms with van der Waals surface area (Å²) in [5, 5.41) is 0. The zero-order chi connectivity index (χ0) is 13.9. The molecule has 4 rings (SSSR count). The number of hydrogen-bond donors (Lipinski definition) is 1. The van der Waals surface area contributed by atoms with Gasteiger partial charge in [-0.25, -0.2) is 9.37 Å². The van der Waals surface area contributed by atoms with Gasteiger partial charge in [0.05, 0.1) is 5.69 Å². The molecule has 1 saturated heterocycles.